The first kappa shape index (κ1) is 7.52. The Labute approximate surface area is 58.6 Å². The zero-order valence-corrected chi connectivity index (χ0v) is 6.31. The molecular weight excluding hydrogens is 134 g/mol. The fourth-order valence-corrected chi connectivity index (χ4v) is 1.40. The van der Waals surface area contributed by atoms with Crippen molar-refractivity contribution < 1.29 is 9.84 Å². The third-order valence-electron chi connectivity index (χ3n) is 1.48. The van der Waals surface area contributed by atoms with Crippen LogP contribution in [0.5, 0.6) is 0 Å². The van der Waals surface area contributed by atoms with Crippen molar-refractivity contribution in [3.05, 3.63) is 0 Å². The first-order valence-corrected chi connectivity index (χ1v) is 3.85. The lowest BCUT2D eigenvalue weighted by molar-refractivity contribution is 0.0487. The van der Waals surface area contributed by atoms with Gasteiger partial charge in [0.05, 0.1) is 12.2 Å². The molecule has 1 heterocycles. The standard InChI is InChI=1S/C5H10BO2P/c6-5-1-3(7)4(2-9)8-5/h3-5,7H,1-2,9H2/t3-,4-,5-/m1/s1. The van der Waals surface area contributed by atoms with Gasteiger partial charge < -0.3 is 9.84 Å². The first-order chi connectivity index (χ1) is 4.24. The van der Waals surface area contributed by atoms with Gasteiger partial charge in [0.25, 0.3) is 0 Å². The summed E-state index contributed by atoms with van der Waals surface area (Å²) in [5.41, 5.74) is 0. The predicted molar refractivity (Wildman–Crippen MR) is 39.6 cm³/mol. The predicted octanol–water partition coefficient (Wildman–Crippen LogP) is -0.494. The molecule has 0 aromatic heterocycles. The summed E-state index contributed by atoms with van der Waals surface area (Å²) >= 11 is 0. The molecule has 1 N–H and O–H groups in total. The summed E-state index contributed by atoms with van der Waals surface area (Å²) in [7, 11) is 7.92. The highest BCUT2D eigenvalue weighted by atomic mass is 31.0. The number of hydrogen-bond donors (Lipinski definition) is 1. The van der Waals surface area contributed by atoms with Crippen molar-refractivity contribution in [3.8, 4) is 0 Å². The van der Waals surface area contributed by atoms with Crippen LogP contribution in [0.15, 0.2) is 0 Å². The van der Waals surface area contributed by atoms with Crippen molar-refractivity contribution in [3.63, 3.8) is 0 Å². The van der Waals surface area contributed by atoms with Crippen LogP contribution in [0.2, 0.25) is 0 Å². The second-order valence-electron chi connectivity index (χ2n) is 2.25. The van der Waals surface area contributed by atoms with Gasteiger partial charge in [0.15, 0.2) is 0 Å². The summed E-state index contributed by atoms with van der Waals surface area (Å²) < 4.78 is 5.13. The highest BCUT2D eigenvalue weighted by Crippen LogP contribution is 2.19. The van der Waals surface area contributed by atoms with E-state index in [9.17, 15) is 0 Å². The van der Waals surface area contributed by atoms with Crippen LogP contribution in [0.4, 0.5) is 0 Å². The number of aliphatic hydroxyl groups is 1. The molecular formula is C5H10BO2P. The van der Waals surface area contributed by atoms with Crippen LogP contribution in [-0.2, 0) is 4.74 Å². The van der Waals surface area contributed by atoms with Gasteiger partial charge in [-0.05, 0) is 12.6 Å². The Morgan fingerprint density at radius 3 is 2.67 bits per heavy atom. The van der Waals surface area contributed by atoms with Crippen molar-refractivity contribution in [2.24, 2.45) is 0 Å². The summed E-state index contributed by atoms with van der Waals surface area (Å²) in [6, 6.07) is -0.259. The normalized spacial score (nSPS) is 43.6. The summed E-state index contributed by atoms with van der Waals surface area (Å²) in [6.45, 7) is 0. The minimum absolute atomic E-state index is 0.0648. The quantitative estimate of drug-likeness (QED) is 0.397. The number of hydrogen-bond acceptors (Lipinski definition) is 2. The van der Waals surface area contributed by atoms with Gasteiger partial charge in [-0.15, -0.1) is 9.24 Å². The van der Waals surface area contributed by atoms with Crippen LogP contribution in [0.3, 0.4) is 0 Å². The highest BCUT2D eigenvalue weighted by molar-refractivity contribution is 7.16. The van der Waals surface area contributed by atoms with Gasteiger partial charge in [0, 0.05) is 6.00 Å². The minimum Gasteiger partial charge on any atom is -0.390 e. The zero-order chi connectivity index (χ0) is 6.85. The zero-order valence-electron chi connectivity index (χ0n) is 5.16. The third kappa shape index (κ3) is 1.67. The monoisotopic (exact) mass is 144 g/mol. The van der Waals surface area contributed by atoms with Crippen molar-refractivity contribution in [2.75, 3.05) is 6.16 Å². The van der Waals surface area contributed by atoms with Gasteiger partial charge in [0.2, 0.25) is 0 Å². The molecule has 4 atom stereocenters. The lowest BCUT2D eigenvalue weighted by Gasteiger charge is -2.09. The molecule has 50 valence electrons. The van der Waals surface area contributed by atoms with E-state index < -0.39 is 0 Å². The van der Waals surface area contributed by atoms with E-state index in [1.807, 2.05) is 0 Å². The SMILES string of the molecule is [B][C@H]1C[C@@H](O)[C@@H](CP)O1. The van der Waals surface area contributed by atoms with Crippen LogP contribution in [0.25, 0.3) is 0 Å². The van der Waals surface area contributed by atoms with Crippen molar-refractivity contribution in [1.29, 1.82) is 0 Å². The number of aliphatic hydroxyl groups excluding tert-OH is 1. The summed E-state index contributed by atoms with van der Waals surface area (Å²) in [6.07, 6.45) is 0.899. The van der Waals surface area contributed by atoms with Crippen molar-refractivity contribution in [2.45, 2.75) is 24.6 Å². The van der Waals surface area contributed by atoms with Gasteiger partial charge in [-0.1, -0.05) is 0 Å². The molecule has 0 aromatic rings. The van der Waals surface area contributed by atoms with Crippen LogP contribution in [0, 0.1) is 0 Å². The molecule has 0 saturated carbocycles. The second kappa shape index (κ2) is 3.00. The number of rotatable bonds is 1. The molecule has 1 rings (SSSR count). The van der Waals surface area contributed by atoms with E-state index >= 15 is 0 Å². The van der Waals surface area contributed by atoms with E-state index in [0.717, 1.165) is 6.16 Å². The Balaban J connectivity index is 2.38. The average molecular weight is 144 g/mol. The Morgan fingerprint density at radius 1 is 1.78 bits per heavy atom. The van der Waals surface area contributed by atoms with Gasteiger partial charge in [-0.2, -0.15) is 0 Å². The molecule has 1 aliphatic heterocycles. The van der Waals surface area contributed by atoms with Crippen LogP contribution in [0.1, 0.15) is 6.42 Å². The third-order valence-corrected chi connectivity index (χ3v) is 1.95. The summed E-state index contributed by atoms with van der Waals surface area (Å²) in [4.78, 5) is 0. The Hall–Kier alpha value is 0.415. The Bertz CT molecular complexity index is 101. The molecule has 1 saturated heterocycles. The molecule has 1 unspecified atom stereocenters. The maximum atomic E-state index is 9.14. The lowest BCUT2D eigenvalue weighted by atomic mass is 9.96. The smallest absolute Gasteiger partial charge is 0.109 e. The van der Waals surface area contributed by atoms with Gasteiger partial charge in [-0.25, -0.2) is 0 Å². The van der Waals surface area contributed by atoms with Crippen molar-refractivity contribution in [1.82, 2.24) is 0 Å². The first-order valence-electron chi connectivity index (χ1n) is 3.03. The van der Waals surface area contributed by atoms with E-state index in [2.05, 4.69) is 9.24 Å². The fraction of sp³-hybridized carbons (Fsp3) is 1.00. The summed E-state index contributed by atoms with van der Waals surface area (Å²) in [5.74, 6) is 0. The van der Waals surface area contributed by atoms with Crippen LogP contribution >= 0.6 is 9.24 Å². The second-order valence-corrected chi connectivity index (χ2v) is 2.72. The van der Waals surface area contributed by atoms with E-state index in [1.54, 1.807) is 0 Å². The van der Waals surface area contributed by atoms with Crippen molar-refractivity contribution >= 4 is 17.1 Å². The molecule has 4 heteroatoms. The molecule has 0 amide bonds. The molecule has 9 heavy (non-hydrogen) atoms. The number of ether oxygens (including phenoxy) is 1. The largest absolute Gasteiger partial charge is 0.390 e. The highest BCUT2D eigenvalue weighted by Gasteiger charge is 2.28. The summed E-state index contributed by atoms with van der Waals surface area (Å²) in [5, 5.41) is 9.14. The average Bonchev–Trinajstić information content (AvgIpc) is 2.10. The van der Waals surface area contributed by atoms with E-state index in [4.69, 9.17) is 17.7 Å². The maximum absolute atomic E-state index is 9.14. The van der Waals surface area contributed by atoms with Crippen LogP contribution in [-0.4, -0.2) is 37.3 Å². The molecule has 2 radical (unpaired) electrons. The van der Waals surface area contributed by atoms with E-state index in [1.165, 1.54) is 0 Å². The van der Waals surface area contributed by atoms with E-state index in [-0.39, 0.29) is 18.2 Å². The molecule has 1 fully saturated rings. The van der Waals surface area contributed by atoms with Gasteiger partial charge >= 0.3 is 0 Å². The molecule has 0 aliphatic carbocycles. The maximum Gasteiger partial charge on any atom is 0.109 e. The minimum atomic E-state index is -0.363. The Morgan fingerprint density at radius 2 is 2.44 bits per heavy atom. The Kier molecular flexibility index (Phi) is 2.51. The van der Waals surface area contributed by atoms with Crippen LogP contribution < -0.4 is 0 Å². The molecule has 1 aliphatic rings. The molecule has 0 bridgehead atoms. The van der Waals surface area contributed by atoms with Gasteiger partial charge in [0.1, 0.15) is 7.85 Å². The molecule has 0 aromatic carbocycles. The fourth-order valence-electron chi connectivity index (χ4n) is 0.973. The molecule has 0 spiro atoms. The lowest BCUT2D eigenvalue weighted by Crippen LogP contribution is -2.21. The topological polar surface area (TPSA) is 29.5 Å². The molecule has 2 nitrogen and oxygen atoms in total. The van der Waals surface area contributed by atoms with E-state index in [0.29, 0.717) is 6.42 Å². The van der Waals surface area contributed by atoms with Gasteiger partial charge in [-0.3, -0.25) is 0 Å².